The fourth-order valence-electron chi connectivity index (χ4n) is 2.51. The van der Waals surface area contributed by atoms with Gasteiger partial charge in [-0.2, -0.15) is 0 Å². The predicted octanol–water partition coefficient (Wildman–Crippen LogP) is 4.71. The Balaban J connectivity index is 1.95. The maximum absolute atomic E-state index is 14.3. The van der Waals surface area contributed by atoms with Gasteiger partial charge in [0.1, 0.15) is 23.1 Å². The average molecular weight is 376 g/mol. The molecule has 0 aliphatic carbocycles. The molecule has 0 saturated heterocycles. The Kier molecular flexibility index (Phi) is 5.27. The van der Waals surface area contributed by atoms with E-state index in [2.05, 4.69) is 0 Å². The van der Waals surface area contributed by atoms with Crippen LogP contribution in [0.1, 0.15) is 32.5 Å². The number of halogens is 2. The van der Waals surface area contributed by atoms with Gasteiger partial charge in [-0.25, -0.2) is 18.4 Å². The summed E-state index contributed by atoms with van der Waals surface area (Å²) < 4.78 is 38.6. The van der Waals surface area contributed by atoms with E-state index in [4.69, 9.17) is 9.47 Å². The topological polar surface area (TPSA) is 52.6 Å². The van der Waals surface area contributed by atoms with Crippen LogP contribution >= 0.6 is 11.3 Å². The summed E-state index contributed by atoms with van der Waals surface area (Å²) in [4.78, 5) is 24.5. The van der Waals surface area contributed by atoms with Gasteiger partial charge in [-0.1, -0.05) is 18.2 Å². The van der Waals surface area contributed by atoms with Gasteiger partial charge in [-0.05, 0) is 31.2 Å². The molecule has 4 nitrogen and oxygen atoms in total. The first kappa shape index (κ1) is 18.0. The van der Waals surface area contributed by atoms with Crippen molar-refractivity contribution >= 4 is 33.4 Å². The average Bonchev–Trinajstić information content (AvgIpc) is 3.00. The summed E-state index contributed by atoms with van der Waals surface area (Å²) >= 11 is 1.06. The normalized spacial score (nSPS) is 10.7. The summed E-state index contributed by atoms with van der Waals surface area (Å²) in [5.41, 5.74) is -0.0172. The van der Waals surface area contributed by atoms with E-state index in [1.54, 1.807) is 13.0 Å². The third-order valence-electron chi connectivity index (χ3n) is 3.67. The highest BCUT2D eigenvalue weighted by atomic mass is 32.1. The van der Waals surface area contributed by atoms with Crippen LogP contribution in [0.3, 0.4) is 0 Å². The second-order valence-electron chi connectivity index (χ2n) is 5.30. The minimum Gasteiger partial charge on any atom is -0.462 e. The number of fused-ring (bicyclic) bond motifs is 1. The number of hydrogen-bond donors (Lipinski definition) is 0. The molecular weight excluding hydrogens is 362 g/mol. The molecule has 0 spiro atoms. The Morgan fingerprint density at radius 3 is 2.42 bits per heavy atom. The van der Waals surface area contributed by atoms with E-state index in [1.807, 2.05) is 0 Å². The molecule has 1 aromatic heterocycles. The zero-order valence-electron chi connectivity index (χ0n) is 13.8. The quantitative estimate of drug-likeness (QED) is 0.605. The molecule has 0 bridgehead atoms. The highest BCUT2D eigenvalue weighted by Crippen LogP contribution is 2.34. The summed E-state index contributed by atoms with van der Waals surface area (Å²) in [5, 5.41) is 0.196. The van der Waals surface area contributed by atoms with Gasteiger partial charge in [0.15, 0.2) is 0 Å². The molecule has 0 atom stereocenters. The van der Waals surface area contributed by atoms with E-state index < -0.39 is 23.6 Å². The van der Waals surface area contributed by atoms with Gasteiger partial charge < -0.3 is 9.47 Å². The van der Waals surface area contributed by atoms with E-state index >= 15 is 0 Å². The minimum absolute atomic E-state index is 0.157. The van der Waals surface area contributed by atoms with E-state index in [0.29, 0.717) is 4.70 Å². The predicted molar refractivity (Wildman–Crippen MR) is 93.3 cm³/mol. The molecule has 3 rings (SSSR count). The third-order valence-corrected chi connectivity index (χ3v) is 4.84. The summed E-state index contributed by atoms with van der Waals surface area (Å²) in [6.07, 6.45) is 0. The highest BCUT2D eigenvalue weighted by molar-refractivity contribution is 7.21. The van der Waals surface area contributed by atoms with Gasteiger partial charge in [0.05, 0.1) is 12.2 Å². The van der Waals surface area contributed by atoms with Crippen molar-refractivity contribution in [3.63, 3.8) is 0 Å². The van der Waals surface area contributed by atoms with Crippen molar-refractivity contribution in [1.82, 2.24) is 0 Å². The summed E-state index contributed by atoms with van der Waals surface area (Å²) in [5.74, 6) is -2.77. The maximum atomic E-state index is 14.3. The van der Waals surface area contributed by atoms with Crippen LogP contribution in [0.25, 0.3) is 10.1 Å². The minimum atomic E-state index is -0.895. The molecule has 1 heterocycles. The first-order valence-electron chi connectivity index (χ1n) is 7.81. The zero-order chi connectivity index (χ0) is 18.7. The Morgan fingerprint density at radius 1 is 0.962 bits per heavy atom. The molecule has 3 aromatic rings. The number of ether oxygens (including phenoxy) is 2. The van der Waals surface area contributed by atoms with Crippen LogP contribution in [-0.2, 0) is 16.1 Å². The second kappa shape index (κ2) is 7.61. The fourth-order valence-corrected chi connectivity index (χ4v) is 3.62. The molecule has 2 aromatic carbocycles. The molecule has 0 N–H and O–H groups in total. The molecule has 0 saturated carbocycles. The Labute approximate surface area is 152 Å². The molecule has 0 fully saturated rings. The fraction of sp³-hybridized carbons (Fsp3) is 0.158. The Hall–Kier alpha value is -2.80. The lowest BCUT2D eigenvalue weighted by atomic mass is 10.1. The molecular formula is C19H14F2O4S. The zero-order valence-corrected chi connectivity index (χ0v) is 14.6. The van der Waals surface area contributed by atoms with Crippen molar-refractivity contribution in [1.29, 1.82) is 0 Å². The van der Waals surface area contributed by atoms with Gasteiger partial charge in [-0.3, -0.25) is 0 Å². The highest BCUT2D eigenvalue weighted by Gasteiger charge is 2.23. The van der Waals surface area contributed by atoms with Gasteiger partial charge in [0.25, 0.3) is 0 Å². The largest absolute Gasteiger partial charge is 0.462 e. The van der Waals surface area contributed by atoms with Crippen LogP contribution in [0, 0.1) is 11.6 Å². The van der Waals surface area contributed by atoms with E-state index in [0.717, 1.165) is 17.4 Å². The van der Waals surface area contributed by atoms with E-state index in [9.17, 15) is 18.4 Å². The number of carbonyl (C=O) groups excluding carboxylic acids is 2. The van der Waals surface area contributed by atoms with E-state index in [1.165, 1.54) is 30.3 Å². The van der Waals surface area contributed by atoms with Gasteiger partial charge in [0.2, 0.25) is 0 Å². The maximum Gasteiger partial charge on any atom is 0.348 e. The van der Waals surface area contributed by atoms with Crippen molar-refractivity contribution < 1.29 is 27.8 Å². The van der Waals surface area contributed by atoms with E-state index in [-0.39, 0.29) is 34.6 Å². The number of esters is 2. The number of thiophene rings is 1. The first-order valence-corrected chi connectivity index (χ1v) is 8.63. The van der Waals surface area contributed by atoms with Crippen LogP contribution in [0.4, 0.5) is 8.78 Å². The van der Waals surface area contributed by atoms with Crippen molar-refractivity contribution in [3.05, 3.63) is 70.1 Å². The van der Waals surface area contributed by atoms with Crippen molar-refractivity contribution in [2.45, 2.75) is 13.5 Å². The Morgan fingerprint density at radius 2 is 1.69 bits per heavy atom. The lowest BCUT2D eigenvalue weighted by molar-refractivity contribution is 0.0450. The van der Waals surface area contributed by atoms with Crippen molar-refractivity contribution in [3.8, 4) is 0 Å². The molecule has 7 heteroatoms. The van der Waals surface area contributed by atoms with Crippen molar-refractivity contribution in [2.75, 3.05) is 6.61 Å². The smallest absolute Gasteiger partial charge is 0.348 e. The molecule has 0 aliphatic rings. The standard InChI is InChI=1S/C19H14F2O4S/c1-2-24-19(23)17-12(16-14(21)8-5-9-15(16)26-17)10-25-18(22)11-6-3-4-7-13(11)20/h3-9H,2,10H2,1H3. The van der Waals surface area contributed by atoms with Crippen LogP contribution in [0.5, 0.6) is 0 Å². The molecule has 0 radical (unpaired) electrons. The lowest BCUT2D eigenvalue weighted by Crippen LogP contribution is -2.10. The van der Waals surface area contributed by atoms with Crippen LogP contribution in [0.2, 0.25) is 0 Å². The summed E-state index contributed by atoms with van der Waals surface area (Å²) in [7, 11) is 0. The number of benzene rings is 2. The number of carbonyl (C=O) groups is 2. The SMILES string of the molecule is CCOC(=O)c1sc2cccc(F)c2c1COC(=O)c1ccccc1F. The van der Waals surface area contributed by atoms with Crippen LogP contribution in [-0.4, -0.2) is 18.5 Å². The number of hydrogen-bond acceptors (Lipinski definition) is 5. The summed E-state index contributed by atoms with van der Waals surface area (Å²) in [6.45, 7) is 1.44. The molecule has 0 unspecified atom stereocenters. The second-order valence-corrected chi connectivity index (χ2v) is 6.35. The molecule has 0 aliphatic heterocycles. The molecule has 0 amide bonds. The monoisotopic (exact) mass is 376 g/mol. The first-order chi connectivity index (χ1) is 12.5. The van der Waals surface area contributed by atoms with Gasteiger partial charge in [0, 0.05) is 15.6 Å². The summed E-state index contributed by atoms with van der Waals surface area (Å²) in [6, 6.07) is 9.82. The molecule has 134 valence electrons. The van der Waals surface area contributed by atoms with Gasteiger partial charge >= 0.3 is 11.9 Å². The lowest BCUT2D eigenvalue weighted by Gasteiger charge is -2.08. The van der Waals surface area contributed by atoms with Gasteiger partial charge in [-0.15, -0.1) is 11.3 Å². The Bertz CT molecular complexity index is 981. The third kappa shape index (κ3) is 3.43. The molecule has 26 heavy (non-hydrogen) atoms. The van der Waals surface area contributed by atoms with Crippen LogP contribution in [0.15, 0.2) is 42.5 Å². The number of rotatable bonds is 5. The van der Waals surface area contributed by atoms with Crippen molar-refractivity contribution in [2.24, 2.45) is 0 Å². The van der Waals surface area contributed by atoms with Crippen LogP contribution < -0.4 is 0 Å².